The Bertz CT molecular complexity index is 1420. The topological polar surface area (TPSA) is 112 Å². The molecular formula is C39H64N2O8S2Si. The van der Waals surface area contributed by atoms with Gasteiger partial charge in [-0.1, -0.05) is 43.8 Å². The molecule has 13 heteroatoms. The number of carbonyl (C=O) groups is 2. The zero-order valence-electron chi connectivity index (χ0n) is 32.7. The van der Waals surface area contributed by atoms with Crippen molar-refractivity contribution in [1.82, 2.24) is 9.21 Å². The Balaban J connectivity index is 2.01. The highest BCUT2D eigenvalue weighted by molar-refractivity contribution is 8.01. The van der Waals surface area contributed by atoms with Crippen molar-refractivity contribution < 1.29 is 37.0 Å². The molecule has 0 bridgehead atoms. The Labute approximate surface area is 319 Å². The van der Waals surface area contributed by atoms with Crippen LogP contribution in [0.2, 0.25) is 25.7 Å². The summed E-state index contributed by atoms with van der Waals surface area (Å²) in [6.45, 7) is 14.6. The van der Waals surface area contributed by atoms with Crippen LogP contribution < -0.4 is 0 Å². The zero-order valence-corrected chi connectivity index (χ0v) is 35.4. The molecule has 1 aromatic carbocycles. The van der Waals surface area contributed by atoms with E-state index in [9.17, 15) is 18.0 Å². The average Bonchev–Trinajstić information content (AvgIpc) is 3.07. The molecule has 10 nitrogen and oxygen atoms in total. The number of ether oxygens (including phenoxy) is 4. The molecule has 2 aliphatic heterocycles. The van der Waals surface area contributed by atoms with E-state index in [0.29, 0.717) is 45.2 Å². The lowest BCUT2D eigenvalue weighted by atomic mass is 9.89. The summed E-state index contributed by atoms with van der Waals surface area (Å²) in [5, 5.41) is 0. The highest BCUT2D eigenvalue weighted by atomic mass is 32.2. The van der Waals surface area contributed by atoms with Crippen LogP contribution in [-0.4, -0.2) is 106 Å². The number of amides is 2. The molecule has 2 fully saturated rings. The molecule has 0 aliphatic carbocycles. The SMILES string of the molecule is COCCCCN1CCCC(CC(C#CCCCCOC2CCCCO2)N(C(=O)OC(C)(C)C)S(=O)(=O)CC[Si](C)(C)C)(Sc2ccccc2)C1=O. The number of hydrogen-bond acceptors (Lipinski definition) is 9. The lowest BCUT2D eigenvalue weighted by molar-refractivity contribution is -0.162. The van der Waals surface area contributed by atoms with Gasteiger partial charge in [-0.2, -0.15) is 4.31 Å². The molecule has 0 radical (unpaired) electrons. The maximum absolute atomic E-state index is 14.7. The quantitative estimate of drug-likeness (QED) is 0.0785. The number of thioether (sulfide) groups is 1. The van der Waals surface area contributed by atoms with Crippen molar-refractivity contribution in [2.24, 2.45) is 0 Å². The van der Waals surface area contributed by atoms with Crippen molar-refractivity contribution >= 4 is 41.9 Å². The smallest absolute Gasteiger partial charge is 0.425 e. The third-order valence-electron chi connectivity index (χ3n) is 8.96. The number of unbranched alkanes of at least 4 members (excludes halogenated alkanes) is 3. The van der Waals surface area contributed by atoms with E-state index >= 15 is 0 Å². The second-order valence-corrected chi connectivity index (χ2v) is 25.1. The molecule has 0 spiro atoms. The summed E-state index contributed by atoms with van der Waals surface area (Å²) in [4.78, 5) is 31.6. The Morgan fingerprint density at radius 3 is 2.48 bits per heavy atom. The van der Waals surface area contributed by atoms with Crippen LogP contribution in [0.3, 0.4) is 0 Å². The van der Waals surface area contributed by atoms with Crippen LogP contribution in [-0.2, 0) is 33.8 Å². The van der Waals surface area contributed by atoms with E-state index in [-0.39, 0.29) is 24.4 Å². The third kappa shape index (κ3) is 15.3. The van der Waals surface area contributed by atoms with Gasteiger partial charge in [0.05, 0.1) is 5.75 Å². The number of rotatable bonds is 19. The first-order valence-corrected chi connectivity index (χ1v) is 25.2. The molecule has 2 heterocycles. The minimum Gasteiger partial charge on any atom is -0.443 e. The van der Waals surface area contributed by atoms with Gasteiger partial charge in [0.15, 0.2) is 6.29 Å². The van der Waals surface area contributed by atoms with Gasteiger partial charge in [0.2, 0.25) is 15.9 Å². The summed E-state index contributed by atoms with van der Waals surface area (Å²) in [6, 6.07) is 9.09. The average molecular weight is 781 g/mol. The Kier molecular flexibility index (Phi) is 18.0. The van der Waals surface area contributed by atoms with E-state index in [4.69, 9.17) is 18.9 Å². The monoisotopic (exact) mass is 780 g/mol. The summed E-state index contributed by atoms with van der Waals surface area (Å²) < 4.78 is 51.1. The second kappa shape index (κ2) is 21.1. The predicted octanol–water partition coefficient (Wildman–Crippen LogP) is 7.95. The molecule has 2 aliphatic rings. The van der Waals surface area contributed by atoms with Crippen LogP contribution in [0.15, 0.2) is 35.2 Å². The molecule has 3 atom stereocenters. The van der Waals surface area contributed by atoms with Crippen LogP contribution in [0.25, 0.3) is 0 Å². The standard InChI is InChI=1S/C39H64N2O8S2Si/c1-38(2,3)49-37(43)41(51(44,45)30-31-52(5,6)7)33(20-11-8-9-16-28-47-35-23-14-17-29-48-35)32-39(50-34-21-12-10-13-22-34)24-19-26-40(36(39)42)25-15-18-27-46-4/h10,12-13,21-22,33,35H,8-9,14-19,23-32H2,1-7H3. The minimum atomic E-state index is -4.18. The molecule has 52 heavy (non-hydrogen) atoms. The van der Waals surface area contributed by atoms with E-state index in [0.717, 1.165) is 67.2 Å². The number of piperidine rings is 1. The van der Waals surface area contributed by atoms with Crippen molar-refractivity contribution in [2.45, 2.75) is 145 Å². The van der Waals surface area contributed by atoms with E-state index in [1.165, 1.54) is 11.8 Å². The number of nitrogens with zero attached hydrogens (tertiary/aromatic N) is 2. The molecule has 2 amide bonds. The van der Waals surface area contributed by atoms with Gasteiger partial charge in [-0.3, -0.25) is 4.79 Å². The van der Waals surface area contributed by atoms with Crippen LogP contribution in [0.4, 0.5) is 4.79 Å². The number of carbonyl (C=O) groups excluding carboxylic acids is 2. The van der Waals surface area contributed by atoms with Gasteiger partial charge in [-0.15, -0.1) is 17.7 Å². The lowest BCUT2D eigenvalue weighted by Gasteiger charge is -2.43. The van der Waals surface area contributed by atoms with Crippen molar-refractivity contribution in [3.63, 3.8) is 0 Å². The van der Waals surface area contributed by atoms with Crippen LogP contribution in [0.5, 0.6) is 0 Å². The number of methoxy groups -OCH3 is 1. The molecular weight excluding hydrogens is 717 g/mol. The first kappa shape index (κ1) is 44.3. The summed E-state index contributed by atoms with van der Waals surface area (Å²) in [7, 11) is -4.34. The van der Waals surface area contributed by atoms with Crippen molar-refractivity contribution in [3.8, 4) is 11.8 Å². The summed E-state index contributed by atoms with van der Waals surface area (Å²) in [5.41, 5.74) is -0.945. The van der Waals surface area contributed by atoms with Gasteiger partial charge in [0.25, 0.3) is 0 Å². The van der Waals surface area contributed by atoms with Gasteiger partial charge in [0, 0.05) is 65.8 Å². The maximum Gasteiger partial charge on any atom is 0.425 e. The Morgan fingerprint density at radius 2 is 1.83 bits per heavy atom. The Morgan fingerprint density at radius 1 is 1.10 bits per heavy atom. The van der Waals surface area contributed by atoms with Gasteiger partial charge in [-0.25, -0.2) is 13.2 Å². The molecule has 3 unspecified atom stereocenters. The van der Waals surface area contributed by atoms with E-state index in [1.807, 2.05) is 35.2 Å². The summed E-state index contributed by atoms with van der Waals surface area (Å²) in [6.07, 6.45) is 6.88. The molecule has 0 N–H and O–H groups in total. The second-order valence-electron chi connectivity index (χ2n) is 16.1. The van der Waals surface area contributed by atoms with Gasteiger partial charge >= 0.3 is 6.09 Å². The first-order valence-electron chi connectivity index (χ1n) is 19.0. The van der Waals surface area contributed by atoms with Gasteiger partial charge in [0.1, 0.15) is 16.4 Å². The van der Waals surface area contributed by atoms with Crippen LogP contribution >= 0.6 is 11.8 Å². The number of hydrogen-bond donors (Lipinski definition) is 0. The van der Waals surface area contributed by atoms with E-state index in [1.54, 1.807) is 27.9 Å². The zero-order chi connectivity index (χ0) is 38.3. The fourth-order valence-electron chi connectivity index (χ4n) is 6.20. The number of likely N-dealkylation sites (tertiary alicyclic amines) is 1. The van der Waals surface area contributed by atoms with Crippen molar-refractivity contribution in [3.05, 3.63) is 30.3 Å². The fourth-order valence-corrected chi connectivity index (χ4v) is 12.1. The van der Waals surface area contributed by atoms with Crippen molar-refractivity contribution in [2.75, 3.05) is 45.8 Å². The highest BCUT2D eigenvalue weighted by Crippen LogP contribution is 2.45. The van der Waals surface area contributed by atoms with Crippen LogP contribution in [0, 0.1) is 11.8 Å². The molecule has 0 aromatic heterocycles. The fraction of sp³-hybridized carbons (Fsp3) is 0.744. The minimum absolute atomic E-state index is 0.0422. The van der Waals surface area contributed by atoms with E-state index in [2.05, 4.69) is 31.5 Å². The summed E-state index contributed by atoms with van der Waals surface area (Å²) >= 11 is 1.45. The van der Waals surface area contributed by atoms with Gasteiger partial charge < -0.3 is 23.8 Å². The highest BCUT2D eigenvalue weighted by Gasteiger charge is 2.49. The summed E-state index contributed by atoms with van der Waals surface area (Å²) in [5.74, 6) is 6.20. The molecule has 2 saturated heterocycles. The lowest BCUT2D eigenvalue weighted by Crippen LogP contribution is -2.56. The predicted molar refractivity (Wildman–Crippen MR) is 212 cm³/mol. The number of benzene rings is 1. The maximum atomic E-state index is 14.7. The molecule has 0 saturated carbocycles. The molecule has 1 aromatic rings. The van der Waals surface area contributed by atoms with Crippen molar-refractivity contribution in [1.29, 1.82) is 0 Å². The molecule has 294 valence electrons. The third-order valence-corrected chi connectivity index (χ3v) is 14.2. The largest absolute Gasteiger partial charge is 0.443 e. The van der Waals surface area contributed by atoms with Gasteiger partial charge in [-0.05, 0) is 96.7 Å². The van der Waals surface area contributed by atoms with Crippen LogP contribution in [0.1, 0.15) is 91.4 Å². The Hall–Kier alpha value is -2.08. The first-order chi connectivity index (χ1) is 24.6. The molecule has 3 rings (SSSR count). The van der Waals surface area contributed by atoms with E-state index < -0.39 is 40.6 Å². The number of sulfonamides is 1. The normalized spacial score (nSPS) is 20.6.